The summed E-state index contributed by atoms with van der Waals surface area (Å²) in [6.45, 7) is 6.17. The summed E-state index contributed by atoms with van der Waals surface area (Å²) in [5.41, 5.74) is 1.79. The van der Waals surface area contributed by atoms with Crippen molar-refractivity contribution in [2.45, 2.75) is 33.3 Å². The second kappa shape index (κ2) is 9.55. The van der Waals surface area contributed by atoms with Gasteiger partial charge in [0, 0.05) is 30.4 Å². The summed E-state index contributed by atoms with van der Waals surface area (Å²) in [5.74, 6) is 1.17. The lowest BCUT2D eigenvalue weighted by molar-refractivity contribution is -0.136. The van der Waals surface area contributed by atoms with Crippen LogP contribution in [-0.4, -0.2) is 43.6 Å². The summed E-state index contributed by atoms with van der Waals surface area (Å²) in [7, 11) is 3.11. The number of hydrogen-bond donors (Lipinski definition) is 1. The van der Waals surface area contributed by atoms with E-state index < -0.39 is 0 Å². The lowest BCUT2D eigenvalue weighted by Gasteiger charge is -2.14. The molecule has 164 valence electrons. The number of nitrogens with one attached hydrogen (secondary N) is 1. The van der Waals surface area contributed by atoms with Crippen LogP contribution in [0.4, 0.5) is 5.69 Å². The first-order valence-corrected chi connectivity index (χ1v) is 10.3. The van der Waals surface area contributed by atoms with Gasteiger partial charge in [-0.2, -0.15) is 0 Å². The highest BCUT2D eigenvalue weighted by Crippen LogP contribution is 2.33. The van der Waals surface area contributed by atoms with Gasteiger partial charge in [-0.15, -0.1) is 0 Å². The number of carbonyl (C=O) groups excluding carboxylic acids is 2. The minimum Gasteiger partial charge on any atom is -0.497 e. The minimum absolute atomic E-state index is 0.0417. The minimum atomic E-state index is -0.355. The first-order valence-electron chi connectivity index (χ1n) is 10.3. The number of benzene rings is 2. The van der Waals surface area contributed by atoms with Crippen molar-refractivity contribution in [2.24, 2.45) is 0 Å². The molecule has 1 N–H and O–H groups in total. The molecule has 2 aromatic carbocycles. The third-order valence-electron chi connectivity index (χ3n) is 4.75. The molecule has 7 nitrogen and oxygen atoms in total. The molecule has 7 heteroatoms. The molecule has 0 unspecified atom stereocenters. The van der Waals surface area contributed by atoms with Crippen molar-refractivity contribution < 1.29 is 23.8 Å². The lowest BCUT2D eigenvalue weighted by atomic mass is 10.0. The van der Waals surface area contributed by atoms with E-state index in [1.54, 1.807) is 56.7 Å². The zero-order chi connectivity index (χ0) is 22.5. The third kappa shape index (κ3) is 4.82. The van der Waals surface area contributed by atoms with Crippen LogP contribution in [0.3, 0.4) is 0 Å². The number of ether oxygens (including phenoxy) is 3. The van der Waals surface area contributed by atoms with Gasteiger partial charge in [0.05, 0.1) is 25.9 Å². The Labute approximate surface area is 182 Å². The quantitative estimate of drug-likeness (QED) is 0.611. The molecule has 1 aliphatic rings. The maximum atomic E-state index is 13.1. The highest BCUT2D eigenvalue weighted by molar-refractivity contribution is 6.36. The molecule has 0 spiro atoms. The van der Waals surface area contributed by atoms with Crippen molar-refractivity contribution >= 4 is 23.1 Å². The van der Waals surface area contributed by atoms with Crippen LogP contribution < -0.4 is 19.5 Å². The fourth-order valence-corrected chi connectivity index (χ4v) is 3.38. The van der Waals surface area contributed by atoms with Crippen LogP contribution in [0.1, 0.15) is 32.8 Å². The lowest BCUT2D eigenvalue weighted by Crippen LogP contribution is -2.33. The van der Waals surface area contributed by atoms with Gasteiger partial charge in [-0.3, -0.25) is 14.5 Å². The summed E-state index contributed by atoms with van der Waals surface area (Å²) >= 11 is 0. The van der Waals surface area contributed by atoms with Crippen LogP contribution >= 0.6 is 0 Å². The fourth-order valence-electron chi connectivity index (χ4n) is 3.38. The normalized spacial score (nSPS) is 13.8. The number of carbonyl (C=O) groups is 2. The van der Waals surface area contributed by atoms with Crippen LogP contribution in [-0.2, 0) is 9.59 Å². The summed E-state index contributed by atoms with van der Waals surface area (Å²) < 4.78 is 16.3. The van der Waals surface area contributed by atoms with Gasteiger partial charge in [0.1, 0.15) is 22.9 Å². The summed E-state index contributed by atoms with van der Waals surface area (Å²) in [5, 5.41) is 3.13. The first-order chi connectivity index (χ1) is 14.9. The van der Waals surface area contributed by atoms with E-state index in [1.165, 1.54) is 4.90 Å². The Morgan fingerprint density at radius 1 is 0.903 bits per heavy atom. The molecule has 31 heavy (non-hydrogen) atoms. The average molecular weight is 424 g/mol. The molecule has 0 bridgehead atoms. The van der Waals surface area contributed by atoms with Crippen molar-refractivity contribution in [3.05, 3.63) is 53.7 Å². The van der Waals surface area contributed by atoms with Crippen molar-refractivity contribution in [2.75, 3.05) is 26.1 Å². The molecule has 2 amide bonds. The van der Waals surface area contributed by atoms with E-state index in [0.717, 1.165) is 0 Å². The van der Waals surface area contributed by atoms with Gasteiger partial charge in [-0.1, -0.05) is 19.1 Å². The van der Waals surface area contributed by atoms with Gasteiger partial charge in [0.15, 0.2) is 0 Å². The molecule has 1 aliphatic heterocycles. The number of imide groups is 1. The molecule has 0 radical (unpaired) electrons. The second-order valence-corrected chi connectivity index (χ2v) is 7.43. The zero-order valence-corrected chi connectivity index (χ0v) is 18.5. The van der Waals surface area contributed by atoms with Gasteiger partial charge in [0.25, 0.3) is 11.8 Å². The van der Waals surface area contributed by atoms with Crippen LogP contribution in [0, 0.1) is 0 Å². The van der Waals surface area contributed by atoms with Gasteiger partial charge in [-0.25, -0.2) is 0 Å². The predicted molar refractivity (Wildman–Crippen MR) is 119 cm³/mol. The molecule has 0 fully saturated rings. The Bertz CT molecular complexity index is 973. The van der Waals surface area contributed by atoms with Crippen LogP contribution in [0.25, 0.3) is 5.57 Å². The SMILES string of the molecule is CCCN1C(=O)C(Nc2cc(OC)cc(OC)c2)=C(c2ccc(OC(C)C)cc2)C1=O. The Hall–Kier alpha value is -3.48. The summed E-state index contributed by atoms with van der Waals surface area (Å²) in [6.07, 6.45) is 0.715. The van der Waals surface area contributed by atoms with E-state index in [0.29, 0.717) is 47.0 Å². The third-order valence-corrected chi connectivity index (χ3v) is 4.75. The number of rotatable bonds is 9. The van der Waals surface area contributed by atoms with E-state index in [2.05, 4.69) is 5.32 Å². The summed E-state index contributed by atoms with van der Waals surface area (Å²) in [4.78, 5) is 27.5. The largest absolute Gasteiger partial charge is 0.497 e. The van der Waals surface area contributed by atoms with Crippen LogP contribution in [0.15, 0.2) is 48.2 Å². The van der Waals surface area contributed by atoms with E-state index >= 15 is 0 Å². The van der Waals surface area contributed by atoms with Gasteiger partial charge in [0.2, 0.25) is 0 Å². The standard InChI is InChI=1S/C24H28N2O5/c1-6-11-26-23(27)21(16-7-9-18(10-8-16)31-15(2)3)22(24(26)28)25-17-12-19(29-4)14-20(13-17)30-5/h7-10,12-15,25H,6,11H2,1-5H3. The van der Waals surface area contributed by atoms with E-state index in [-0.39, 0.29) is 23.6 Å². The van der Waals surface area contributed by atoms with Crippen molar-refractivity contribution in [3.63, 3.8) is 0 Å². The molecule has 0 aromatic heterocycles. The Balaban J connectivity index is 2.04. The molecule has 0 aliphatic carbocycles. The maximum absolute atomic E-state index is 13.1. The number of amides is 2. The highest BCUT2D eigenvalue weighted by Gasteiger charge is 2.38. The van der Waals surface area contributed by atoms with E-state index in [4.69, 9.17) is 14.2 Å². The van der Waals surface area contributed by atoms with Crippen molar-refractivity contribution in [3.8, 4) is 17.2 Å². The monoisotopic (exact) mass is 424 g/mol. The Morgan fingerprint density at radius 3 is 2.03 bits per heavy atom. The van der Waals surface area contributed by atoms with Crippen molar-refractivity contribution in [1.29, 1.82) is 0 Å². The second-order valence-electron chi connectivity index (χ2n) is 7.43. The molecule has 2 aromatic rings. The molecule has 0 saturated carbocycles. The number of anilines is 1. The molecular formula is C24H28N2O5. The average Bonchev–Trinajstić information content (AvgIpc) is 2.98. The van der Waals surface area contributed by atoms with E-state index in [9.17, 15) is 9.59 Å². The number of methoxy groups -OCH3 is 2. The zero-order valence-electron chi connectivity index (χ0n) is 18.5. The van der Waals surface area contributed by atoms with Gasteiger partial charge >= 0.3 is 0 Å². The molecule has 3 rings (SSSR count). The van der Waals surface area contributed by atoms with Gasteiger partial charge < -0.3 is 19.5 Å². The molecule has 0 atom stereocenters. The van der Waals surface area contributed by atoms with Crippen LogP contribution in [0.5, 0.6) is 17.2 Å². The molecular weight excluding hydrogens is 396 g/mol. The van der Waals surface area contributed by atoms with Crippen molar-refractivity contribution in [1.82, 2.24) is 4.90 Å². The first kappa shape index (κ1) is 22.2. The number of hydrogen-bond acceptors (Lipinski definition) is 6. The topological polar surface area (TPSA) is 77.1 Å². The smallest absolute Gasteiger partial charge is 0.278 e. The van der Waals surface area contributed by atoms with Crippen LogP contribution in [0.2, 0.25) is 0 Å². The number of nitrogens with zero attached hydrogens (tertiary/aromatic N) is 1. The Morgan fingerprint density at radius 2 is 1.52 bits per heavy atom. The highest BCUT2D eigenvalue weighted by atomic mass is 16.5. The van der Waals surface area contributed by atoms with Gasteiger partial charge in [-0.05, 0) is 38.0 Å². The fraction of sp³-hybridized carbons (Fsp3) is 0.333. The maximum Gasteiger partial charge on any atom is 0.278 e. The van der Waals surface area contributed by atoms with E-state index in [1.807, 2.05) is 20.8 Å². The molecule has 0 saturated heterocycles. The predicted octanol–water partition coefficient (Wildman–Crippen LogP) is 4.09. The molecule has 1 heterocycles. The Kier molecular flexibility index (Phi) is 6.84. The summed E-state index contributed by atoms with van der Waals surface area (Å²) in [6, 6.07) is 12.4.